The fourth-order valence-corrected chi connectivity index (χ4v) is 2.62. The standard InChI is InChI=1S/C10H20N4O3S/c1-4-14-7-9(10(11)13-14)18(15,16)12-6-8(3)17-5-2/h7-8,12H,4-6H2,1-3H3,(H2,11,13). The number of nitrogen functional groups attached to an aromatic ring is 1. The second kappa shape index (κ2) is 6.17. The molecule has 1 rings (SSSR count). The van der Waals surface area contributed by atoms with E-state index in [4.69, 9.17) is 10.5 Å². The van der Waals surface area contributed by atoms with Gasteiger partial charge in [0.05, 0.1) is 6.10 Å². The normalized spacial score (nSPS) is 13.7. The average molecular weight is 276 g/mol. The second-order valence-corrected chi connectivity index (χ2v) is 5.59. The van der Waals surface area contributed by atoms with Crippen LogP contribution in [-0.4, -0.2) is 37.5 Å². The molecule has 1 aromatic rings. The highest BCUT2D eigenvalue weighted by molar-refractivity contribution is 7.89. The number of anilines is 1. The number of hydrogen-bond acceptors (Lipinski definition) is 5. The molecule has 0 radical (unpaired) electrons. The first-order valence-electron chi connectivity index (χ1n) is 5.84. The van der Waals surface area contributed by atoms with Gasteiger partial charge in [-0.15, -0.1) is 0 Å². The molecular formula is C10H20N4O3S. The first kappa shape index (κ1) is 14.9. The van der Waals surface area contributed by atoms with Gasteiger partial charge in [-0.05, 0) is 20.8 Å². The summed E-state index contributed by atoms with van der Waals surface area (Å²) < 4.78 is 33.2. The van der Waals surface area contributed by atoms with E-state index in [2.05, 4.69) is 9.82 Å². The molecule has 1 atom stereocenters. The number of nitrogens with two attached hydrogens (primary N) is 1. The number of rotatable bonds is 7. The third-order valence-corrected chi connectivity index (χ3v) is 3.82. The third-order valence-electron chi connectivity index (χ3n) is 2.38. The molecule has 8 heteroatoms. The Morgan fingerprint density at radius 1 is 1.56 bits per heavy atom. The van der Waals surface area contributed by atoms with Crippen molar-refractivity contribution < 1.29 is 13.2 Å². The number of nitrogens with zero attached hydrogens (tertiary/aromatic N) is 2. The van der Waals surface area contributed by atoms with Gasteiger partial charge in [0.25, 0.3) is 0 Å². The van der Waals surface area contributed by atoms with Crippen LogP contribution in [-0.2, 0) is 21.3 Å². The first-order valence-corrected chi connectivity index (χ1v) is 7.33. The maximum Gasteiger partial charge on any atom is 0.245 e. The van der Waals surface area contributed by atoms with Crippen molar-refractivity contribution in [3.63, 3.8) is 0 Å². The van der Waals surface area contributed by atoms with Crippen molar-refractivity contribution in [2.24, 2.45) is 0 Å². The van der Waals surface area contributed by atoms with Crippen LogP contribution in [0.1, 0.15) is 20.8 Å². The van der Waals surface area contributed by atoms with Crippen molar-refractivity contribution in [1.29, 1.82) is 0 Å². The maximum atomic E-state index is 12.0. The Hall–Kier alpha value is -1.12. The van der Waals surface area contributed by atoms with E-state index < -0.39 is 10.0 Å². The monoisotopic (exact) mass is 276 g/mol. The van der Waals surface area contributed by atoms with Crippen molar-refractivity contribution in [2.75, 3.05) is 18.9 Å². The SMILES string of the molecule is CCOC(C)CNS(=O)(=O)c1cn(CC)nc1N. The van der Waals surface area contributed by atoms with Crippen molar-refractivity contribution in [3.8, 4) is 0 Å². The Labute approximate surface area is 107 Å². The molecule has 0 saturated heterocycles. The summed E-state index contributed by atoms with van der Waals surface area (Å²) >= 11 is 0. The van der Waals surface area contributed by atoms with Gasteiger partial charge in [0.1, 0.15) is 4.90 Å². The molecule has 0 aromatic carbocycles. The quantitative estimate of drug-likeness (QED) is 0.740. The van der Waals surface area contributed by atoms with Crippen LogP contribution in [0.4, 0.5) is 5.82 Å². The van der Waals surface area contributed by atoms with E-state index in [0.29, 0.717) is 13.2 Å². The van der Waals surface area contributed by atoms with Crippen LogP contribution in [0.2, 0.25) is 0 Å². The second-order valence-electron chi connectivity index (χ2n) is 3.85. The summed E-state index contributed by atoms with van der Waals surface area (Å²) in [4.78, 5) is 0.00745. The molecule has 104 valence electrons. The largest absolute Gasteiger partial charge is 0.381 e. The zero-order chi connectivity index (χ0) is 13.8. The predicted molar refractivity (Wildman–Crippen MR) is 68.6 cm³/mol. The highest BCUT2D eigenvalue weighted by Gasteiger charge is 2.21. The molecule has 0 amide bonds. The summed E-state index contributed by atoms with van der Waals surface area (Å²) in [7, 11) is -3.63. The minimum Gasteiger partial charge on any atom is -0.381 e. The summed E-state index contributed by atoms with van der Waals surface area (Å²) in [5.41, 5.74) is 5.59. The lowest BCUT2D eigenvalue weighted by Crippen LogP contribution is -2.32. The van der Waals surface area contributed by atoms with Crippen molar-refractivity contribution in [2.45, 2.75) is 38.3 Å². The third kappa shape index (κ3) is 3.69. The Bertz CT molecular complexity index is 483. The highest BCUT2D eigenvalue weighted by atomic mass is 32.2. The molecule has 7 nitrogen and oxygen atoms in total. The molecule has 1 unspecified atom stereocenters. The Balaban J connectivity index is 2.76. The summed E-state index contributed by atoms with van der Waals surface area (Å²) in [6.07, 6.45) is 1.23. The summed E-state index contributed by atoms with van der Waals surface area (Å²) in [5.74, 6) is 0.00779. The molecule has 0 spiro atoms. The number of aromatic nitrogens is 2. The van der Waals surface area contributed by atoms with E-state index in [1.54, 1.807) is 6.92 Å². The van der Waals surface area contributed by atoms with Crippen molar-refractivity contribution in [3.05, 3.63) is 6.20 Å². The van der Waals surface area contributed by atoms with Gasteiger partial charge in [0.15, 0.2) is 5.82 Å². The molecule has 1 aromatic heterocycles. The molecular weight excluding hydrogens is 256 g/mol. The molecule has 0 aliphatic heterocycles. The van der Waals surface area contributed by atoms with Crippen LogP contribution in [0, 0.1) is 0 Å². The van der Waals surface area contributed by atoms with Gasteiger partial charge >= 0.3 is 0 Å². The molecule has 0 bridgehead atoms. The molecule has 0 aliphatic rings. The number of sulfonamides is 1. The first-order chi connectivity index (χ1) is 8.40. The van der Waals surface area contributed by atoms with Crippen molar-refractivity contribution in [1.82, 2.24) is 14.5 Å². The Kier molecular flexibility index (Phi) is 5.12. The lowest BCUT2D eigenvalue weighted by atomic mass is 10.4. The van der Waals surface area contributed by atoms with Gasteiger partial charge in [-0.3, -0.25) is 4.68 Å². The summed E-state index contributed by atoms with van der Waals surface area (Å²) in [5, 5.41) is 3.90. The van der Waals surface area contributed by atoms with Gasteiger partial charge in [-0.2, -0.15) is 5.10 Å². The maximum absolute atomic E-state index is 12.0. The highest BCUT2D eigenvalue weighted by Crippen LogP contribution is 2.15. The Morgan fingerprint density at radius 2 is 2.22 bits per heavy atom. The number of aryl methyl sites for hydroxylation is 1. The minimum atomic E-state index is -3.63. The molecule has 3 N–H and O–H groups in total. The summed E-state index contributed by atoms with van der Waals surface area (Å²) in [6.45, 7) is 6.81. The molecule has 1 heterocycles. The van der Waals surface area contributed by atoms with Gasteiger partial charge in [0, 0.05) is 25.9 Å². The fourth-order valence-electron chi connectivity index (χ4n) is 1.44. The Morgan fingerprint density at radius 3 is 2.72 bits per heavy atom. The van der Waals surface area contributed by atoms with Crippen molar-refractivity contribution >= 4 is 15.8 Å². The molecule has 0 fully saturated rings. The minimum absolute atomic E-state index is 0.00745. The topological polar surface area (TPSA) is 99.2 Å². The smallest absolute Gasteiger partial charge is 0.245 e. The van der Waals surface area contributed by atoms with Gasteiger partial charge in [-0.1, -0.05) is 0 Å². The van der Waals surface area contributed by atoms with Crippen LogP contribution in [0.5, 0.6) is 0 Å². The van der Waals surface area contributed by atoms with E-state index in [1.165, 1.54) is 10.9 Å². The molecule has 0 saturated carbocycles. The fraction of sp³-hybridized carbons (Fsp3) is 0.700. The lowest BCUT2D eigenvalue weighted by Gasteiger charge is -2.12. The van der Waals surface area contributed by atoms with Gasteiger partial charge < -0.3 is 10.5 Å². The zero-order valence-corrected chi connectivity index (χ0v) is 11.7. The van der Waals surface area contributed by atoms with Crippen LogP contribution in [0.25, 0.3) is 0 Å². The van der Waals surface area contributed by atoms with Crippen LogP contribution < -0.4 is 10.5 Å². The predicted octanol–water partition coefficient (Wildman–Crippen LogP) is 0.189. The number of nitrogens with one attached hydrogen (secondary N) is 1. The van der Waals surface area contributed by atoms with E-state index >= 15 is 0 Å². The zero-order valence-electron chi connectivity index (χ0n) is 10.9. The van der Waals surface area contributed by atoms with E-state index in [1.807, 2.05) is 13.8 Å². The number of hydrogen-bond donors (Lipinski definition) is 2. The van der Waals surface area contributed by atoms with Gasteiger partial charge in [-0.25, -0.2) is 13.1 Å². The van der Waals surface area contributed by atoms with Crippen LogP contribution in [0.3, 0.4) is 0 Å². The number of ether oxygens (including phenoxy) is 1. The van der Waals surface area contributed by atoms with E-state index in [0.717, 1.165) is 0 Å². The van der Waals surface area contributed by atoms with E-state index in [-0.39, 0.29) is 23.4 Å². The molecule has 18 heavy (non-hydrogen) atoms. The van der Waals surface area contributed by atoms with Crippen LogP contribution >= 0.6 is 0 Å². The average Bonchev–Trinajstić information content (AvgIpc) is 2.69. The van der Waals surface area contributed by atoms with E-state index in [9.17, 15) is 8.42 Å². The summed E-state index contributed by atoms with van der Waals surface area (Å²) in [6, 6.07) is 0. The van der Waals surface area contributed by atoms with Gasteiger partial charge in [0.2, 0.25) is 10.0 Å². The lowest BCUT2D eigenvalue weighted by molar-refractivity contribution is 0.0799. The molecule has 0 aliphatic carbocycles. The van der Waals surface area contributed by atoms with Crippen LogP contribution in [0.15, 0.2) is 11.1 Å².